The average molecular weight is 541 g/mol. The monoisotopic (exact) mass is 540 g/mol. The number of methoxy groups -OCH3 is 1. The molecule has 0 radical (unpaired) electrons. The Morgan fingerprint density at radius 3 is 1.57 bits per heavy atom. The van der Waals surface area contributed by atoms with Crippen molar-refractivity contribution >= 4 is 30.9 Å². The first-order valence-corrected chi connectivity index (χ1v) is 21.4. The summed E-state index contributed by atoms with van der Waals surface area (Å²) in [7, 11) is -5.06. The first kappa shape index (κ1) is 31.9. The molecule has 5 nitrogen and oxygen atoms in total. The largest absolute Gasteiger partial charge is 0.541 e. The highest BCUT2D eigenvalue weighted by molar-refractivity contribution is 6.76. The topological polar surface area (TPSA) is 54.0 Å². The van der Waals surface area contributed by atoms with Crippen LogP contribution in [-0.4, -0.2) is 38.0 Å². The van der Waals surface area contributed by atoms with Crippen molar-refractivity contribution < 1.29 is 22.8 Å². The fourth-order valence-electron chi connectivity index (χ4n) is 2.54. The first-order chi connectivity index (χ1) is 15.4. The van der Waals surface area contributed by atoms with Crippen LogP contribution in [0.1, 0.15) is 74.0 Å². The normalized spacial score (nSPS) is 15.0. The second-order valence-electron chi connectivity index (χ2n) is 14.2. The van der Waals surface area contributed by atoms with Gasteiger partial charge in [-0.25, -0.2) is 0 Å². The van der Waals surface area contributed by atoms with E-state index in [1.54, 1.807) is 7.11 Å². The van der Waals surface area contributed by atoms with Gasteiger partial charge in [-0.1, -0.05) is 68.4 Å². The maximum absolute atomic E-state index is 13.7. The molecule has 8 heteroatoms. The average Bonchev–Trinajstić information content (AvgIpc) is 2.63. The van der Waals surface area contributed by atoms with E-state index < -0.39 is 31.1 Å². The molecule has 1 unspecified atom stereocenters. The van der Waals surface area contributed by atoms with Crippen LogP contribution < -0.4 is 9.16 Å². The van der Waals surface area contributed by atoms with Crippen molar-refractivity contribution in [1.29, 1.82) is 0 Å². The lowest BCUT2D eigenvalue weighted by Gasteiger charge is -2.41. The van der Waals surface area contributed by atoms with Crippen LogP contribution in [0.5, 0.6) is 11.5 Å². The molecule has 0 bridgehead atoms. The van der Waals surface area contributed by atoms with Crippen molar-refractivity contribution in [3.8, 4) is 11.5 Å². The van der Waals surface area contributed by atoms with Crippen molar-refractivity contribution in [2.75, 3.05) is 7.11 Å². The molecule has 0 fully saturated rings. The molecule has 1 atom stereocenters. The van der Waals surface area contributed by atoms with E-state index in [2.05, 4.69) is 102 Å². The zero-order chi connectivity index (χ0) is 27.8. The summed E-state index contributed by atoms with van der Waals surface area (Å²) < 4.78 is 25.2. The highest BCUT2D eigenvalue weighted by Gasteiger charge is 2.46. The third-order valence-corrected chi connectivity index (χ3v) is 21.4. The number of carbonyl (C=O) groups excluding carboxylic acids is 1. The minimum Gasteiger partial charge on any atom is -0.541 e. The summed E-state index contributed by atoms with van der Waals surface area (Å²) >= 11 is 0. The zero-order valence-corrected chi connectivity index (χ0v) is 28.4. The van der Waals surface area contributed by atoms with Crippen LogP contribution in [-0.2, 0) is 13.6 Å². The molecule has 0 saturated heterocycles. The summed E-state index contributed by atoms with van der Waals surface area (Å²) in [4.78, 5) is 13.7. The van der Waals surface area contributed by atoms with Gasteiger partial charge in [-0.05, 0) is 72.1 Å². The first-order valence-electron chi connectivity index (χ1n) is 12.6. The van der Waals surface area contributed by atoms with Crippen molar-refractivity contribution in [2.45, 2.75) is 123 Å². The van der Waals surface area contributed by atoms with E-state index in [0.717, 1.165) is 5.56 Å². The lowest BCUT2D eigenvalue weighted by molar-refractivity contribution is -0.144. The van der Waals surface area contributed by atoms with Gasteiger partial charge in [0, 0.05) is 0 Å². The zero-order valence-electron chi connectivity index (χ0n) is 25.4. The molecule has 0 amide bonds. The van der Waals surface area contributed by atoms with E-state index in [0.29, 0.717) is 11.5 Å². The van der Waals surface area contributed by atoms with Crippen LogP contribution in [0.25, 0.3) is 0 Å². The predicted octanol–water partition coefficient (Wildman–Crippen LogP) is 8.69. The molecule has 35 heavy (non-hydrogen) atoms. The summed E-state index contributed by atoms with van der Waals surface area (Å²) in [6, 6.07) is 5.72. The highest BCUT2D eigenvalue weighted by Crippen LogP contribution is 2.44. The Hall–Kier alpha value is -1.10. The fourth-order valence-corrected chi connectivity index (χ4v) is 5.66. The smallest absolute Gasteiger partial charge is 0.325 e. The lowest BCUT2D eigenvalue weighted by atomic mass is 10.1. The molecule has 0 N–H and O–H groups in total. The standard InChI is InChI=1S/C27H52O5Si3/c1-25(2,3)33(11,12)30-21-18-17-20(19-22(21)29-10)23(31-34(13,14)26(4,5)6)24(28)32-35(15,16)27(7,8)9/h17-19,23H,1-16H3. The van der Waals surface area contributed by atoms with Crippen LogP contribution in [0.2, 0.25) is 54.4 Å². The van der Waals surface area contributed by atoms with Crippen molar-refractivity contribution in [3.05, 3.63) is 23.8 Å². The number of benzene rings is 1. The SMILES string of the molecule is COc1cc(C(O[Si](C)(C)C(C)(C)C)C(=O)O[Si](C)(C)C(C)(C)C)ccc1O[Si](C)(C)C(C)(C)C. The Balaban J connectivity index is 3.54. The van der Waals surface area contributed by atoms with Gasteiger partial charge in [0.25, 0.3) is 16.6 Å². The molecule has 1 aromatic carbocycles. The van der Waals surface area contributed by atoms with Gasteiger partial charge in [0.1, 0.15) is 5.75 Å². The van der Waals surface area contributed by atoms with Gasteiger partial charge < -0.3 is 18.0 Å². The molecule has 0 aliphatic carbocycles. The third kappa shape index (κ3) is 7.69. The molecule has 202 valence electrons. The quantitative estimate of drug-likeness (QED) is 0.309. The maximum Gasteiger partial charge on any atom is 0.325 e. The second kappa shape index (κ2) is 10.3. The molecule has 1 aromatic rings. The molecule has 1 rings (SSSR count). The summed E-state index contributed by atoms with van der Waals surface area (Å²) in [5, 5.41) is -0.0989. The number of ether oxygens (including phenoxy) is 1. The van der Waals surface area contributed by atoms with Crippen LogP contribution in [0.4, 0.5) is 0 Å². The van der Waals surface area contributed by atoms with Gasteiger partial charge in [-0.3, -0.25) is 4.79 Å². The van der Waals surface area contributed by atoms with Gasteiger partial charge in [-0.2, -0.15) is 0 Å². The predicted molar refractivity (Wildman–Crippen MR) is 155 cm³/mol. The number of hydrogen-bond donors (Lipinski definition) is 0. The Morgan fingerprint density at radius 1 is 0.714 bits per heavy atom. The molecule has 0 heterocycles. The van der Waals surface area contributed by atoms with Crippen LogP contribution in [0.3, 0.4) is 0 Å². The van der Waals surface area contributed by atoms with Crippen LogP contribution in [0, 0.1) is 0 Å². The van der Waals surface area contributed by atoms with Crippen molar-refractivity contribution in [1.82, 2.24) is 0 Å². The Labute approximate surface area is 218 Å². The van der Waals surface area contributed by atoms with Gasteiger partial charge in [0.05, 0.1) is 7.11 Å². The minimum atomic E-state index is -2.33. The number of hydrogen-bond acceptors (Lipinski definition) is 5. The lowest BCUT2D eigenvalue weighted by Crippen LogP contribution is -2.47. The van der Waals surface area contributed by atoms with Gasteiger partial charge in [0.15, 0.2) is 20.2 Å². The Bertz CT molecular complexity index is 888. The fraction of sp³-hybridized carbons (Fsp3) is 0.741. The minimum absolute atomic E-state index is 0.0532. The second-order valence-corrected chi connectivity index (χ2v) is 28.4. The van der Waals surface area contributed by atoms with E-state index in [-0.39, 0.29) is 21.1 Å². The molecule has 0 spiro atoms. The molecule has 0 aliphatic rings. The molecule has 0 aromatic heterocycles. The summed E-state index contributed by atoms with van der Waals surface area (Å²) in [5.41, 5.74) is 0.734. The summed E-state index contributed by atoms with van der Waals surface area (Å²) in [6.45, 7) is 32.4. The van der Waals surface area contributed by atoms with Crippen molar-refractivity contribution in [3.63, 3.8) is 0 Å². The maximum atomic E-state index is 13.7. The molecule has 0 aliphatic heterocycles. The Morgan fingerprint density at radius 2 is 1.17 bits per heavy atom. The third-order valence-electron chi connectivity index (χ3n) is 8.26. The number of carbonyl (C=O) groups is 1. The van der Waals surface area contributed by atoms with E-state index in [1.807, 2.05) is 18.2 Å². The molecular formula is C27H52O5Si3. The Kier molecular flexibility index (Phi) is 9.43. The van der Waals surface area contributed by atoms with Crippen LogP contribution in [0.15, 0.2) is 18.2 Å². The van der Waals surface area contributed by atoms with Gasteiger partial charge >= 0.3 is 5.97 Å². The van der Waals surface area contributed by atoms with E-state index in [1.165, 1.54) is 0 Å². The van der Waals surface area contributed by atoms with E-state index in [9.17, 15) is 4.79 Å². The van der Waals surface area contributed by atoms with Gasteiger partial charge in [-0.15, -0.1) is 0 Å². The van der Waals surface area contributed by atoms with E-state index in [4.69, 9.17) is 18.0 Å². The summed E-state index contributed by atoms with van der Waals surface area (Å²) in [5.74, 6) is 0.990. The molecule has 0 saturated carbocycles. The molecular weight excluding hydrogens is 489 g/mol. The number of rotatable bonds is 8. The van der Waals surface area contributed by atoms with Gasteiger partial charge in [0.2, 0.25) is 0 Å². The summed E-state index contributed by atoms with van der Waals surface area (Å²) in [6.07, 6.45) is -0.819. The highest BCUT2D eigenvalue weighted by atomic mass is 28.4. The van der Waals surface area contributed by atoms with Crippen LogP contribution >= 0.6 is 0 Å². The van der Waals surface area contributed by atoms with Crippen molar-refractivity contribution in [2.24, 2.45) is 0 Å². The van der Waals surface area contributed by atoms with E-state index >= 15 is 0 Å².